The van der Waals surface area contributed by atoms with Crippen LogP contribution in [0.3, 0.4) is 0 Å². The largest absolute Gasteiger partial charge is 0.315 e. The molecule has 0 amide bonds. The summed E-state index contributed by atoms with van der Waals surface area (Å²) in [5.74, 6) is -0.0532. The van der Waals surface area contributed by atoms with E-state index in [1.165, 1.54) is 6.42 Å². The van der Waals surface area contributed by atoms with Crippen LogP contribution in [0.2, 0.25) is 0 Å². The van der Waals surface area contributed by atoms with Crippen molar-refractivity contribution < 1.29 is 9.59 Å². The molecule has 1 fully saturated rings. The minimum absolute atomic E-state index is 0.0266. The first-order valence-corrected chi connectivity index (χ1v) is 3.40. The number of Topliss-reactive ketones (excluding diaryl/α,β-unsaturated/α-hetero) is 2. The van der Waals surface area contributed by atoms with Crippen LogP contribution in [-0.4, -0.2) is 11.6 Å². The van der Waals surface area contributed by atoms with Gasteiger partial charge >= 0.3 is 11.6 Å². The zero-order chi connectivity index (χ0) is 7.78. The molecule has 1 saturated carbocycles. The molecule has 54 valence electrons. The van der Waals surface area contributed by atoms with Gasteiger partial charge in [0.15, 0.2) is 0 Å². The molecule has 0 N–H and O–H groups in total. The normalized spacial score (nSPS) is 24.2. The van der Waals surface area contributed by atoms with E-state index in [9.17, 15) is 9.59 Å². The van der Waals surface area contributed by atoms with Gasteiger partial charge in [-0.3, -0.25) is 0 Å². The lowest BCUT2D eigenvalue weighted by Crippen LogP contribution is -2.29. The summed E-state index contributed by atoms with van der Waals surface area (Å²) in [6.45, 7) is 3.88. The van der Waals surface area contributed by atoms with Crippen LogP contribution < -0.4 is 0 Å². The van der Waals surface area contributed by atoms with E-state index in [0.29, 0.717) is 12.8 Å². The predicted molar refractivity (Wildman–Crippen MR) is 37.3 cm³/mol. The topological polar surface area (TPSA) is 34.1 Å². The Morgan fingerprint density at radius 3 is 1.90 bits per heavy atom. The molecule has 2 heteroatoms. The van der Waals surface area contributed by atoms with Crippen molar-refractivity contribution in [1.82, 2.24) is 0 Å². The zero-order valence-electron chi connectivity index (χ0n) is 6.31. The van der Waals surface area contributed by atoms with Crippen LogP contribution >= 0.6 is 0 Å². The maximum absolute atomic E-state index is 10.8. The standard InChI is InChI=1S/C8H11O2/c1-8(2)4-6(9)3-7(10)5-8/h3H,4-5H2,1-2H3/q+1. The first-order chi connectivity index (χ1) is 4.49. The average molecular weight is 139 g/mol. The lowest BCUT2D eigenvalue weighted by molar-refractivity contribution is -0.127. The summed E-state index contributed by atoms with van der Waals surface area (Å²) in [4.78, 5) is 21.6. The van der Waals surface area contributed by atoms with E-state index in [1.807, 2.05) is 13.8 Å². The number of rotatable bonds is 0. The maximum atomic E-state index is 10.8. The van der Waals surface area contributed by atoms with Gasteiger partial charge in [-0.05, 0) is 5.41 Å². The number of hydrogen-bond donors (Lipinski definition) is 0. The first-order valence-electron chi connectivity index (χ1n) is 3.40. The number of ketones is 2. The van der Waals surface area contributed by atoms with Crippen LogP contribution in [0, 0.1) is 11.8 Å². The summed E-state index contributed by atoms with van der Waals surface area (Å²) < 4.78 is 0. The number of carbonyl (C=O) groups excluding carboxylic acids is 2. The Bertz CT molecular complexity index is 162. The van der Waals surface area contributed by atoms with Crippen LogP contribution in [-0.2, 0) is 9.59 Å². The van der Waals surface area contributed by atoms with E-state index in [1.54, 1.807) is 0 Å². The highest BCUT2D eigenvalue weighted by Gasteiger charge is 2.39. The van der Waals surface area contributed by atoms with Gasteiger partial charge < -0.3 is 0 Å². The Morgan fingerprint density at radius 2 is 1.60 bits per heavy atom. The summed E-state index contributed by atoms with van der Waals surface area (Å²) in [7, 11) is 0. The minimum atomic E-state index is -0.108. The maximum Gasteiger partial charge on any atom is 0.315 e. The summed E-state index contributed by atoms with van der Waals surface area (Å²) in [6.07, 6.45) is 2.24. The van der Waals surface area contributed by atoms with E-state index < -0.39 is 0 Å². The second kappa shape index (κ2) is 2.11. The summed E-state index contributed by atoms with van der Waals surface area (Å²) in [5.41, 5.74) is -0.108. The van der Waals surface area contributed by atoms with Gasteiger partial charge in [0, 0.05) is 0 Å². The second-order valence-corrected chi connectivity index (χ2v) is 3.59. The summed E-state index contributed by atoms with van der Waals surface area (Å²) in [5, 5.41) is 0. The van der Waals surface area contributed by atoms with Gasteiger partial charge in [-0.25, -0.2) is 9.59 Å². The summed E-state index contributed by atoms with van der Waals surface area (Å²) in [6, 6.07) is 0. The third-order valence-corrected chi connectivity index (χ3v) is 1.63. The SMILES string of the molecule is CC1(C)CC(=O)[CH+]C(=O)C1. The molecule has 1 rings (SSSR count). The molecule has 0 unspecified atom stereocenters. The molecular weight excluding hydrogens is 128 g/mol. The van der Waals surface area contributed by atoms with Gasteiger partial charge in [0.25, 0.3) is 0 Å². The van der Waals surface area contributed by atoms with Crippen LogP contribution in [0.1, 0.15) is 26.7 Å². The van der Waals surface area contributed by atoms with Crippen molar-refractivity contribution in [2.45, 2.75) is 26.7 Å². The minimum Gasteiger partial charge on any atom is -0.243 e. The fourth-order valence-electron chi connectivity index (χ4n) is 1.29. The van der Waals surface area contributed by atoms with Crippen LogP contribution in [0.5, 0.6) is 0 Å². The van der Waals surface area contributed by atoms with Gasteiger partial charge in [-0.2, -0.15) is 0 Å². The smallest absolute Gasteiger partial charge is 0.243 e. The molecule has 10 heavy (non-hydrogen) atoms. The lowest BCUT2D eigenvalue weighted by atomic mass is 9.76. The molecule has 0 saturated heterocycles. The van der Waals surface area contributed by atoms with Gasteiger partial charge in [-0.1, -0.05) is 13.8 Å². The molecule has 0 heterocycles. The van der Waals surface area contributed by atoms with E-state index >= 15 is 0 Å². The third-order valence-electron chi connectivity index (χ3n) is 1.63. The molecule has 2 nitrogen and oxygen atoms in total. The second-order valence-electron chi connectivity index (χ2n) is 3.59. The summed E-state index contributed by atoms with van der Waals surface area (Å²) >= 11 is 0. The molecule has 0 aromatic carbocycles. The number of hydrogen-bond acceptors (Lipinski definition) is 2. The molecule has 0 radical (unpaired) electrons. The Kier molecular flexibility index (Phi) is 1.55. The highest BCUT2D eigenvalue weighted by Crippen LogP contribution is 2.30. The Balaban J connectivity index is 2.68. The van der Waals surface area contributed by atoms with Crippen LogP contribution in [0.25, 0.3) is 0 Å². The van der Waals surface area contributed by atoms with E-state index in [-0.39, 0.29) is 17.0 Å². The Labute approximate surface area is 60.6 Å². The van der Waals surface area contributed by atoms with Gasteiger partial charge in [0.2, 0.25) is 6.42 Å². The quantitative estimate of drug-likeness (QED) is 0.472. The first kappa shape index (κ1) is 7.32. The molecular formula is C8H11O2+. The van der Waals surface area contributed by atoms with Gasteiger partial charge in [0.1, 0.15) is 0 Å². The average Bonchev–Trinajstić information content (AvgIpc) is 1.54. The zero-order valence-corrected chi connectivity index (χ0v) is 6.31. The van der Waals surface area contributed by atoms with Crippen molar-refractivity contribution in [1.29, 1.82) is 0 Å². The van der Waals surface area contributed by atoms with Gasteiger partial charge in [0.05, 0.1) is 12.8 Å². The molecule has 0 atom stereocenters. The molecule has 0 aromatic heterocycles. The van der Waals surface area contributed by atoms with Crippen molar-refractivity contribution in [2.24, 2.45) is 5.41 Å². The van der Waals surface area contributed by atoms with Crippen molar-refractivity contribution in [2.75, 3.05) is 0 Å². The van der Waals surface area contributed by atoms with Crippen LogP contribution in [0.15, 0.2) is 0 Å². The third kappa shape index (κ3) is 1.59. The highest BCUT2D eigenvalue weighted by molar-refractivity contribution is 6.12. The Morgan fingerprint density at radius 1 is 1.20 bits per heavy atom. The van der Waals surface area contributed by atoms with Crippen molar-refractivity contribution >= 4 is 11.6 Å². The van der Waals surface area contributed by atoms with Crippen molar-refractivity contribution in [3.8, 4) is 0 Å². The molecule has 1 aliphatic carbocycles. The van der Waals surface area contributed by atoms with Gasteiger partial charge in [-0.15, -0.1) is 0 Å². The molecule has 0 aliphatic heterocycles. The van der Waals surface area contributed by atoms with Crippen molar-refractivity contribution in [3.05, 3.63) is 6.42 Å². The Hall–Kier alpha value is -0.790. The van der Waals surface area contributed by atoms with E-state index in [0.717, 1.165) is 0 Å². The molecule has 0 aromatic rings. The van der Waals surface area contributed by atoms with Crippen LogP contribution in [0.4, 0.5) is 0 Å². The molecule has 1 aliphatic rings. The lowest BCUT2D eigenvalue weighted by Gasteiger charge is -2.21. The molecule has 0 bridgehead atoms. The van der Waals surface area contributed by atoms with E-state index in [4.69, 9.17) is 0 Å². The van der Waals surface area contributed by atoms with E-state index in [2.05, 4.69) is 0 Å². The fraction of sp³-hybridized carbons (Fsp3) is 0.625. The highest BCUT2D eigenvalue weighted by atomic mass is 16.1. The fourth-order valence-corrected chi connectivity index (χ4v) is 1.29. The predicted octanol–water partition coefficient (Wildman–Crippen LogP) is 1.15. The monoisotopic (exact) mass is 139 g/mol. The van der Waals surface area contributed by atoms with Crippen molar-refractivity contribution in [3.63, 3.8) is 0 Å². The molecule has 0 spiro atoms. The number of carbonyl (C=O) groups is 2.